The van der Waals surface area contributed by atoms with Gasteiger partial charge in [-0.2, -0.15) is 12.6 Å². The molecule has 0 saturated carbocycles. The summed E-state index contributed by atoms with van der Waals surface area (Å²) < 4.78 is 0. The molecular formula is C11H12OS. The number of phenolic OH excluding ortho intramolecular Hbond substituents is 1. The fraction of sp³-hybridized carbons (Fsp3) is 0.273. The van der Waals surface area contributed by atoms with Crippen LogP contribution >= 0.6 is 12.6 Å². The van der Waals surface area contributed by atoms with Gasteiger partial charge in [0.1, 0.15) is 5.75 Å². The predicted molar refractivity (Wildman–Crippen MR) is 58.2 cm³/mol. The largest absolute Gasteiger partial charge is 0.507 e. The van der Waals surface area contributed by atoms with Crippen molar-refractivity contribution in [3.05, 3.63) is 29.3 Å². The second-order valence-electron chi connectivity index (χ2n) is 2.80. The first-order valence-corrected chi connectivity index (χ1v) is 4.76. The Morgan fingerprint density at radius 2 is 2.23 bits per heavy atom. The number of benzene rings is 1. The van der Waals surface area contributed by atoms with Gasteiger partial charge in [-0.3, -0.25) is 0 Å². The van der Waals surface area contributed by atoms with E-state index < -0.39 is 0 Å². The minimum Gasteiger partial charge on any atom is -0.507 e. The second kappa shape index (κ2) is 4.84. The van der Waals surface area contributed by atoms with Crippen LogP contribution in [0.5, 0.6) is 5.75 Å². The second-order valence-corrected chi connectivity index (χ2v) is 3.24. The highest BCUT2D eigenvalue weighted by Gasteiger charge is 1.95. The zero-order valence-electron chi connectivity index (χ0n) is 7.54. The van der Waals surface area contributed by atoms with Crippen molar-refractivity contribution in [2.45, 2.75) is 13.3 Å². The summed E-state index contributed by atoms with van der Waals surface area (Å²) in [5, 5.41) is 9.41. The van der Waals surface area contributed by atoms with Gasteiger partial charge >= 0.3 is 0 Å². The van der Waals surface area contributed by atoms with E-state index in [1.807, 2.05) is 19.1 Å². The summed E-state index contributed by atoms with van der Waals surface area (Å²) in [6, 6.07) is 5.40. The molecule has 1 N–H and O–H groups in total. The van der Waals surface area contributed by atoms with E-state index in [0.717, 1.165) is 17.7 Å². The third-order valence-electron chi connectivity index (χ3n) is 1.61. The van der Waals surface area contributed by atoms with Gasteiger partial charge in [0.15, 0.2) is 0 Å². The van der Waals surface area contributed by atoms with Gasteiger partial charge in [-0.05, 0) is 24.6 Å². The Kier molecular flexibility index (Phi) is 3.72. The normalized spacial score (nSPS) is 9.08. The lowest BCUT2D eigenvalue weighted by Crippen LogP contribution is -1.79. The van der Waals surface area contributed by atoms with Crippen molar-refractivity contribution in [1.82, 2.24) is 0 Å². The molecule has 0 amide bonds. The van der Waals surface area contributed by atoms with Gasteiger partial charge in [-0.1, -0.05) is 17.9 Å². The Hall–Kier alpha value is -1.07. The van der Waals surface area contributed by atoms with Crippen molar-refractivity contribution in [2.24, 2.45) is 0 Å². The molecule has 0 unspecified atom stereocenters. The van der Waals surface area contributed by atoms with Crippen molar-refractivity contribution < 1.29 is 5.11 Å². The maximum Gasteiger partial charge on any atom is 0.131 e. The van der Waals surface area contributed by atoms with Crippen LogP contribution in [-0.4, -0.2) is 10.9 Å². The molecule has 0 aliphatic heterocycles. The molecule has 0 fully saturated rings. The summed E-state index contributed by atoms with van der Waals surface area (Å²) in [4.78, 5) is 0. The first-order valence-electron chi connectivity index (χ1n) is 4.13. The van der Waals surface area contributed by atoms with E-state index in [9.17, 15) is 5.11 Å². The Balaban J connectivity index is 2.89. The van der Waals surface area contributed by atoms with Gasteiger partial charge in [0.2, 0.25) is 0 Å². The zero-order chi connectivity index (χ0) is 9.68. The molecule has 0 heterocycles. The Morgan fingerprint density at radius 3 is 2.92 bits per heavy atom. The Labute approximate surface area is 84.2 Å². The van der Waals surface area contributed by atoms with Crippen LogP contribution in [0.15, 0.2) is 18.2 Å². The first kappa shape index (κ1) is 10.0. The van der Waals surface area contributed by atoms with Gasteiger partial charge in [0, 0.05) is 12.2 Å². The van der Waals surface area contributed by atoms with Crippen LogP contribution in [0.1, 0.15) is 17.5 Å². The molecule has 0 bridgehead atoms. The van der Waals surface area contributed by atoms with Crippen LogP contribution in [0.25, 0.3) is 0 Å². The number of aromatic hydroxyl groups is 1. The smallest absolute Gasteiger partial charge is 0.131 e. The van der Waals surface area contributed by atoms with Crippen molar-refractivity contribution >= 4 is 12.6 Å². The van der Waals surface area contributed by atoms with Crippen molar-refractivity contribution in [3.8, 4) is 17.6 Å². The SMILES string of the molecule is Cc1ccc(O)c(C#CCCS)c1. The topological polar surface area (TPSA) is 20.2 Å². The van der Waals surface area contributed by atoms with Gasteiger partial charge < -0.3 is 5.11 Å². The lowest BCUT2D eigenvalue weighted by molar-refractivity contribution is 0.473. The summed E-state index contributed by atoms with van der Waals surface area (Å²) in [5.74, 6) is 6.84. The third-order valence-corrected chi connectivity index (χ3v) is 1.84. The van der Waals surface area contributed by atoms with E-state index in [1.165, 1.54) is 0 Å². The molecule has 0 aliphatic rings. The quantitative estimate of drug-likeness (QED) is 0.517. The van der Waals surface area contributed by atoms with Gasteiger partial charge in [-0.25, -0.2) is 0 Å². The number of hydrogen-bond donors (Lipinski definition) is 2. The van der Waals surface area contributed by atoms with Crippen molar-refractivity contribution in [1.29, 1.82) is 0 Å². The maximum atomic E-state index is 9.41. The number of thiol groups is 1. The van der Waals surface area contributed by atoms with Gasteiger partial charge in [-0.15, -0.1) is 0 Å². The first-order chi connectivity index (χ1) is 6.24. The zero-order valence-corrected chi connectivity index (χ0v) is 8.44. The van der Waals surface area contributed by atoms with Crippen LogP contribution in [0.3, 0.4) is 0 Å². The van der Waals surface area contributed by atoms with E-state index in [1.54, 1.807) is 6.07 Å². The molecule has 1 nitrogen and oxygen atoms in total. The van der Waals surface area contributed by atoms with Crippen molar-refractivity contribution in [3.63, 3.8) is 0 Å². The molecule has 0 atom stereocenters. The van der Waals surface area contributed by atoms with E-state index in [-0.39, 0.29) is 5.75 Å². The molecule has 13 heavy (non-hydrogen) atoms. The number of rotatable bonds is 1. The molecule has 0 aromatic heterocycles. The van der Waals surface area contributed by atoms with E-state index in [4.69, 9.17) is 0 Å². The van der Waals surface area contributed by atoms with Crippen LogP contribution in [0, 0.1) is 18.8 Å². The summed E-state index contributed by atoms with van der Waals surface area (Å²) >= 11 is 4.05. The number of phenols is 1. The monoisotopic (exact) mass is 192 g/mol. The Bertz CT molecular complexity index is 347. The molecule has 0 radical (unpaired) electrons. The average Bonchev–Trinajstić information content (AvgIpc) is 2.11. The molecule has 0 aliphatic carbocycles. The van der Waals surface area contributed by atoms with Crippen molar-refractivity contribution in [2.75, 3.05) is 5.75 Å². The summed E-state index contributed by atoms with van der Waals surface area (Å²) in [5.41, 5.74) is 1.80. The highest BCUT2D eigenvalue weighted by atomic mass is 32.1. The Morgan fingerprint density at radius 1 is 1.46 bits per heavy atom. The summed E-state index contributed by atoms with van der Waals surface area (Å²) in [6.45, 7) is 1.98. The van der Waals surface area contributed by atoms with E-state index >= 15 is 0 Å². The lowest BCUT2D eigenvalue weighted by atomic mass is 10.1. The fourth-order valence-electron chi connectivity index (χ4n) is 0.964. The van der Waals surface area contributed by atoms with Gasteiger partial charge in [0.25, 0.3) is 0 Å². The molecule has 1 aromatic rings. The van der Waals surface area contributed by atoms with Crippen LogP contribution in [0.2, 0.25) is 0 Å². The molecule has 1 aromatic carbocycles. The van der Waals surface area contributed by atoms with E-state index in [2.05, 4.69) is 24.5 Å². The van der Waals surface area contributed by atoms with Crippen LogP contribution in [0.4, 0.5) is 0 Å². The molecule has 2 heteroatoms. The molecular weight excluding hydrogens is 180 g/mol. The predicted octanol–water partition coefficient (Wildman–Crippen LogP) is 2.37. The minimum absolute atomic E-state index is 0.247. The molecule has 1 rings (SSSR count). The lowest BCUT2D eigenvalue weighted by Gasteiger charge is -1.97. The standard InChI is InChI=1S/C11H12OS/c1-9-5-6-11(12)10(8-9)4-2-3-7-13/h5-6,8,12-13H,3,7H2,1H3. The summed E-state index contributed by atoms with van der Waals surface area (Å²) in [7, 11) is 0. The minimum atomic E-state index is 0.247. The van der Waals surface area contributed by atoms with Crippen LogP contribution in [-0.2, 0) is 0 Å². The average molecular weight is 192 g/mol. The number of hydrogen-bond acceptors (Lipinski definition) is 2. The maximum absolute atomic E-state index is 9.41. The molecule has 0 saturated heterocycles. The number of aryl methyl sites for hydroxylation is 1. The van der Waals surface area contributed by atoms with Crippen LogP contribution < -0.4 is 0 Å². The highest BCUT2D eigenvalue weighted by Crippen LogP contribution is 2.16. The summed E-state index contributed by atoms with van der Waals surface area (Å²) in [6.07, 6.45) is 0.747. The van der Waals surface area contributed by atoms with E-state index in [0.29, 0.717) is 5.56 Å². The fourth-order valence-corrected chi connectivity index (χ4v) is 1.08. The molecule has 0 spiro atoms. The molecule has 68 valence electrons. The third kappa shape index (κ3) is 3.04. The highest BCUT2D eigenvalue weighted by molar-refractivity contribution is 7.80. The van der Waals surface area contributed by atoms with Gasteiger partial charge in [0.05, 0.1) is 5.56 Å².